The van der Waals surface area contributed by atoms with Crippen molar-refractivity contribution in [3.05, 3.63) is 17.9 Å². The van der Waals surface area contributed by atoms with Crippen molar-refractivity contribution < 1.29 is 23.8 Å². The number of Topliss-reactive ketones (excluding diaryl/α,β-unsaturated/α-hetero) is 1. The van der Waals surface area contributed by atoms with Crippen molar-refractivity contribution in [2.75, 3.05) is 14.2 Å². The average molecular weight is 236 g/mol. The maximum Gasteiger partial charge on any atom is 0.205 e. The monoisotopic (exact) mass is 236 g/mol. The molecular formula is C12H12O5. The molecule has 1 N–H and O–H groups in total. The molecule has 0 fully saturated rings. The number of furan rings is 1. The quantitative estimate of drug-likeness (QED) is 0.828. The third kappa shape index (κ3) is 1.51. The highest BCUT2D eigenvalue weighted by Gasteiger charge is 2.25. The van der Waals surface area contributed by atoms with Gasteiger partial charge in [-0.25, -0.2) is 0 Å². The van der Waals surface area contributed by atoms with Gasteiger partial charge < -0.3 is 19.0 Å². The molecule has 5 heteroatoms. The highest BCUT2D eigenvalue weighted by atomic mass is 16.5. The SMILES string of the molecule is COc1c(C(C)=O)c(O)c2ccoc2c1OC. The smallest absolute Gasteiger partial charge is 0.205 e. The molecule has 1 heterocycles. The van der Waals surface area contributed by atoms with Crippen LogP contribution in [0.25, 0.3) is 11.0 Å². The van der Waals surface area contributed by atoms with Crippen molar-refractivity contribution in [2.24, 2.45) is 0 Å². The second kappa shape index (κ2) is 4.01. The van der Waals surface area contributed by atoms with E-state index in [-0.39, 0.29) is 22.8 Å². The third-order valence-corrected chi connectivity index (χ3v) is 2.56. The van der Waals surface area contributed by atoms with Crippen LogP contribution in [0.2, 0.25) is 0 Å². The Balaban J connectivity index is 2.96. The van der Waals surface area contributed by atoms with Crippen molar-refractivity contribution in [3.63, 3.8) is 0 Å². The summed E-state index contributed by atoms with van der Waals surface area (Å²) in [6, 6.07) is 1.57. The summed E-state index contributed by atoms with van der Waals surface area (Å²) in [5, 5.41) is 10.4. The van der Waals surface area contributed by atoms with Crippen LogP contribution in [-0.4, -0.2) is 25.1 Å². The lowest BCUT2D eigenvalue weighted by Gasteiger charge is -2.13. The Morgan fingerprint density at radius 2 is 1.94 bits per heavy atom. The summed E-state index contributed by atoms with van der Waals surface area (Å²) in [4.78, 5) is 11.6. The number of hydrogen-bond donors (Lipinski definition) is 1. The Kier molecular flexibility index (Phi) is 2.67. The number of phenolic OH excluding ortho intramolecular Hbond substituents is 1. The van der Waals surface area contributed by atoms with Gasteiger partial charge in [0.05, 0.1) is 25.9 Å². The van der Waals surface area contributed by atoms with E-state index in [1.807, 2.05) is 0 Å². The minimum atomic E-state index is -0.305. The Morgan fingerprint density at radius 1 is 1.29 bits per heavy atom. The Hall–Kier alpha value is -2.17. The Labute approximate surface area is 97.6 Å². The van der Waals surface area contributed by atoms with E-state index in [1.54, 1.807) is 6.07 Å². The molecule has 5 nitrogen and oxygen atoms in total. The molecule has 1 aromatic carbocycles. The first-order chi connectivity index (χ1) is 8.11. The van der Waals surface area contributed by atoms with Crippen LogP contribution in [0.15, 0.2) is 16.7 Å². The van der Waals surface area contributed by atoms with Crippen LogP contribution < -0.4 is 9.47 Å². The summed E-state index contributed by atoms with van der Waals surface area (Å²) in [5.74, 6) is 0.0232. The zero-order valence-electron chi connectivity index (χ0n) is 9.73. The molecule has 0 atom stereocenters. The molecule has 0 saturated carbocycles. The summed E-state index contributed by atoms with van der Waals surface area (Å²) >= 11 is 0. The van der Waals surface area contributed by atoms with Crippen LogP contribution in [0.3, 0.4) is 0 Å². The Bertz CT molecular complexity index is 582. The molecule has 90 valence electrons. The van der Waals surface area contributed by atoms with Gasteiger partial charge in [-0.1, -0.05) is 0 Å². The van der Waals surface area contributed by atoms with Crippen molar-refractivity contribution in [2.45, 2.75) is 6.92 Å². The van der Waals surface area contributed by atoms with Gasteiger partial charge in [-0.2, -0.15) is 0 Å². The summed E-state index contributed by atoms with van der Waals surface area (Å²) in [7, 11) is 2.85. The van der Waals surface area contributed by atoms with Gasteiger partial charge in [0.1, 0.15) is 11.3 Å². The number of ketones is 1. The number of aromatic hydroxyl groups is 1. The first-order valence-corrected chi connectivity index (χ1v) is 4.96. The van der Waals surface area contributed by atoms with Gasteiger partial charge in [0, 0.05) is 0 Å². The molecule has 0 saturated heterocycles. The summed E-state index contributed by atoms with van der Waals surface area (Å²) in [6.45, 7) is 1.35. The minimum Gasteiger partial charge on any atom is -0.506 e. The van der Waals surface area contributed by atoms with Crippen LogP contribution in [0.1, 0.15) is 17.3 Å². The summed E-state index contributed by atoms with van der Waals surface area (Å²) in [5.41, 5.74) is 0.449. The number of phenols is 1. The Morgan fingerprint density at radius 3 is 2.47 bits per heavy atom. The van der Waals surface area contributed by atoms with Gasteiger partial charge in [0.2, 0.25) is 5.75 Å². The standard InChI is InChI=1S/C12H12O5/c1-6(13)8-9(14)7-4-5-17-10(7)12(16-3)11(8)15-2/h4-5,14H,1-3H3. The molecule has 0 aliphatic heterocycles. The summed E-state index contributed by atoms with van der Waals surface area (Å²) in [6.07, 6.45) is 1.41. The van der Waals surface area contributed by atoms with Crippen LogP contribution in [0.5, 0.6) is 17.2 Å². The lowest BCUT2D eigenvalue weighted by molar-refractivity contribution is 0.101. The van der Waals surface area contributed by atoms with Crippen molar-refractivity contribution in [1.82, 2.24) is 0 Å². The van der Waals surface area contributed by atoms with Gasteiger partial charge >= 0.3 is 0 Å². The second-order valence-electron chi connectivity index (χ2n) is 3.51. The fourth-order valence-electron chi connectivity index (χ4n) is 1.84. The molecule has 0 amide bonds. The molecule has 0 aliphatic carbocycles. The molecule has 0 spiro atoms. The van der Waals surface area contributed by atoms with E-state index in [2.05, 4.69) is 0 Å². The number of rotatable bonds is 3. The van der Waals surface area contributed by atoms with Gasteiger partial charge in [-0.15, -0.1) is 0 Å². The summed E-state index contributed by atoms with van der Waals surface area (Å²) < 4.78 is 15.5. The van der Waals surface area contributed by atoms with Crippen LogP contribution in [0.4, 0.5) is 0 Å². The maximum atomic E-state index is 11.6. The maximum absolute atomic E-state index is 11.6. The number of hydrogen-bond acceptors (Lipinski definition) is 5. The topological polar surface area (TPSA) is 68.9 Å². The van der Waals surface area contributed by atoms with E-state index in [0.29, 0.717) is 16.7 Å². The lowest BCUT2D eigenvalue weighted by Crippen LogP contribution is -2.01. The third-order valence-electron chi connectivity index (χ3n) is 2.56. The molecule has 0 radical (unpaired) electrons. The largest absolute Gasteiger partial charge is 0.506 e. The van der Waals surface area contributed by atoms with Crippen molar-refractivity contribution in [1.29, 1.82) is 0 Å². The van der Waals surface area contributed by atoms with Gasteiger partial charge in [0.25, 0.3) is 0 Å². The van der Waals surface area contributed by atoms with E-state index < -0.39 is 0 Å². The zero-order valence-corrected chi connectivity index (χ0v) is 9.73. The van der Waals surface area contributed by atoms with E-state index in [0.717, 1.165) is 0 Å². The number of methoxy groups -OCH3 is 2. The molecule has 0 aliphatic rings. The molecule has 0 unspecified atom stereocenters. The molecule has 1 aromatic heterocycles. The normalized spacial score (nSPS) is 10.5. The molecule has 0 bridgehead atoms. The predicted octanol–water partition coefficient (Wildman–Crippen LogP) is 2.36. The number of ether oxygens (including phenoxy) is 2. The van der Waals surface area contributed by atoms with Gasteiger partial charge in [-0.05, 0) is 13.0 Å². The van der Waals surface area contributed by atoms with Gasteiger partial charge in [-0.3, -0.25) is 4.79 Å². The molecule has 2 rings (SSSR count). The highest BCUT2D eigenvalue weighted by molar-refractivity contribution is 6.07. The highest BCUT2D eigenvalue weighted by Crippen LogP contribution is 2.45. The van der Waals surface area contributed by atoms with Crippen LogP contribution >= 0.6 is 0 Å². The van der Waals surface area contributed by atoms with Crippen molar-refractivity contribution >= 4 is 16.8 Å². The first kappa shape index (κ1) is 11.3. The van der Waals surface area contributed by atoms with Crippen molar-refractivity contribution in [3.8, 4) is 17.2 Å². The van der Waals surface area contributed by atoms with Gasteiger partial charge in [0.15, 0.2) is 17.1 Å². The zero-order chi connectivity index (χ0) is 12.6. The molecular weight excluding hydrogens is 224 g/mol. The predicted molar refractivity (Wildman–Crippen MR) is 61.0 cm³/mol. The van der Waals surface area contributed by atoms with E-state index in [9.17, 15) is 9.90 Å². The number of benzene rings is 1. The lowest BCUT2D eigenvalue weighted by atomic mass is 10.1. The van der Waals surface area contributed by atoms with E-state index in [4.69, 9.17) is 13.9 Å². The number of fused-ring (bicyclic) bond motifs is 1. The van der Waals surface area contributed by atoms with Crippen LogP contribution in [-0.2, 0) is 0 Å². The number of carbonyl (C=O) groups is 1. The van der Waals surface area contributed by atoms with E-state index in [1.165, 1.54) is 27.4 Å². The molecule has 2 aromatic rings. The van der Waals surface area contributed by atoms with E-state index >= 15 is 0 Å². The second-order valence-corrected chi connectivity index (χ2v) is 3.51. The van der Waals surface area contributed by atoms with Crippen LogP contribution in [0, 0.1) is 0 Å². The molecule has 17 heavy (non-hydrogen) atoms. The first-order valence-electron chi connectivity index (χ1n) is 4.96. The average Bonchev–Trinajstić information content (AvgIpc) is 2.77. The minimum absolute atomic E-state index is 0.0956. The fraction of sp³-hybridized carbons (Fsp3) is 0.250. The number of carbonyl (C=O) groups excluding carboxylic acids is 1. The fourth-order valence-corrected chi connectivity index (χ4v) is 1.84.